The first-order valence-electron chi connectivity index (χ1n) is 6.95. The number of unbranched alkanes of at least 4 members (excludes halogenated alkanes) is 3. The lowest BCUT2D eigenvalue weighted by atomic mass is 10.0. The summed E-state index contributed by atoms with van der Waals surface area (Å²) in [6.07, 6.45) is 5.15. The van der Waals surface area contributed by atoms with Crippen LogP contribution in [0.2, 0.25) is 0 Å². The number of hydrogen-bond acceptors (Lipinski definition) is 2. The molecule has 0 atom stereocenters. The van der Waals surface area contributed by atoms with Gasteiger partial charge in [0.05, 0.1) is 12.2 Å². The van der Waals surface area contributed by atoms with E-state index in [1.54, 1.807) is 0 Å². The van der Waals surface area contributed by atoms with Crippen molar-refractivity contribution in [2.24, 2.45) is 0 Å². The Balaban J connectivity index is 2.67. The lowest BCUT2D eigenvalue weighted by Crippen LogP contribution is -2.04. The third-order valence-corrected chi connectivity index (χ3v) is 2.99. The Morgan fingerprint density at radius 1 is 1.17 bits per heavy atom. The second-order valence-electron chi connectivity index (χ2n) is 4.67. The highest BCUT2D eigenvalue weighted by atomic mass is 16.5. The highest BCUT2D eigenvalue weighted by Crippen LogP contribution is 2.22. The van der Waals surface area contributed by atoms with Gasteiger partial charge < -0.3 is 4.74 Å². The predicted octanol–water partition coefficient (Wildman–Crippen LogP) is 4.55. The fourth-order valence-corrected chi connectivity index (χ4v) is 1.99. The summed E-state index contributed by atoms with van der Waals surface area (Å²) in [5.74, 6) is 0.932. The smallest absolute Gasteiger partial charge is 0.166 e. The molecule has 0 aliphatic rings. The molecule has 1 aromatic carbocycles. The third-order valence-electron chi connectivity index (χ3n) is 2.99. The molecule has 0 fully saturated rings. The molecule has 1 rings (SSSR count). The molecule has 0 amide bonds. The lowest BCUT2D eigenvalue weighted by Gasteiger charge is -2.10. The Kier molecular flexibility index (Phi) is 6.48. The first-order chi connectivity index (χ1) is 8.69. The van der Waals surface area contributed by atoms with Crippen LogP contribution in [0, 0.1) is 6.92 Å². The number of benzene rings is 1. The summed E-state index contributed by atoms with van der Waals surface area (Å²) in [6.45, 7) is 6.72. The maximum Gasteiger partial charge on any atom is 0.166 e. The van der Waals surface area contributed by atoms with E-state index in [0.29, 0.717) is 13.0 Å². The van der Waals surface area contributed by atoms with Crippen molar-refractivity contribution in [2.75, 3.05) is 6.61 Å². The van der Waals surface area contributed by atoms with E-state index < -0.39 is 0 Å². The van der Waals surface area contributed by atoms with Crippen LogP contribution in [0.25, 0.3) is 0 Å². The number of ketones is 1. The van der Waals surface area contributed by atoms with Crippen molar-refractivity contribution in [3.05, 3.63) is 29.3 Å². The monoisotopic (exact) mass is 248 g/mol. The van der Waals surface area contributed by atoms with E-state index in [1.165, 1.54) is 12.8 Å². The first kappa shape index (κ1) is 14.7. The molecule has 100 valence electrons. The summed E-state index contributed by atoms with van der Waals surface area (Å²) < 4.78 is 5.52. The van der Waals surface area contributed by atoms with E-state index in [0.717, 1.165) is 29.7 Å². The Morgan fingerprint density at radius 2 is 1.94 bits per heavy atom. The van der Waals surface area contributed by atoms with Crippen LogP contribution in [-0.2, 0) is 0 Å². The molecule has 0 heterocycles. The summed E-state index contributed by atoms with van der Waals surface area (Å²) in [5.41, 5.74) is 1.85. The molecule has 0 aliphatic heterocycles. The quantitative estimate of drug-likeness (QED) is 0.498. The Morgan fingerprint density at radius 3 is 2.61 bits per heavy atom. The Hall–Kier alpha value is -1.31. The molecule has 0 saturated heterocycles. The van der Waals surface area contributed by atoms with E-state index in [-0.39, 0.29) is 5.78 Å². The van der Waals surface area contributed by atoms with Crippen molar-refractivity contribution < 1.29 is 9.53 Å². The number of rotatable bonds is 8. The summed E-state index contributed by atoms with van der Waals surface area (Å²) in [6, 6.07) is 5.82. The largest absolute Gasteiger partial charge is 0.493 e. The predicted molar refractivity (Wildman–Crippen MR) is 75.4 cm³/mol. The van der Waals surface area contributed by atoms with Crippen LogP contribution in [0.5, 0.6) is 5.75 Å². The number of Topliss-reactive ketones (excluding diaryl/α,β-unsaturated/α-hetero) is 1. The molecule has 0 N–H and O–H groups in total. The van der Waals surface area contributed by atoms with Crippen LogP contribution >= 0.6 is 0 Å². The zero-order chi connectivity index (χ0) is 13.4. The fraction of sp³-hybridized carbons (Fsp3) is 0.562. The minimum atomic E-state index is 0.207. The average Bonchev–Trinajstić information content (AvgIpc) is 2.37. The van der Waals surface area contributed by atoms with Gasteiger partial charge in [-0.1, -0.05) is 37.8 Å². The van der Waals surface area contributed by atoms with Crippen LogP contribution in [0.3, 0.4) is 0 Å². The van der Waals surface area contributed by atoms with E-state index in [4.69, 9.17) is 4.74 Å². The lowest BCUT2D eigenvalue weighted by molar-refractivity contribution is 0.0975. The average molecular weight is 248 g/mol. The highest BCUT2D eigenvalue weighted by Gasteiger charge is 2.12. The van der Waals surface area contributed by atoms with Gasteiger partial charge in [0.2, 0.25) is 0 Å². The zero-order valence-corrected chi connectivity index (χ0v) is 11.8. The van der Waals surface area contributed by atoms with Crippen molar-refractivity contribution in [3.8, 4) is 5.75 Å². The molecule has 0 saturated carbocycles. The first-order valence-corrected chi connectivity index (χ1v) is 6.95. The van der Waals surface area contributed by atoms with Gasteiger partial charge in [-0.3, -0.25) is 4.79 Å². The minimum absolute atomic E-state index is 0.207. The van der Waals surface area contributed by atoms with Crippen molar-refractivity contribution in [2.45, 2.75) is 52.9 Å². The van der Waals surface area contributed by atoms with Gasteiger partial charge >= 0.3 is 0 Å². The molecule has 0 radical (unpaired) electrons. The number of ether oxygens (including phenoxy) is 1. The van der Waals surface area contributed by atoms with Gasteiger partial charge in [-0.05, 0) is 32.4 Å². The van der Waals surface area contributed by atoms with Gasteiger partial charge in [0.1, 0.15) is 5.75 Å². The van der Waals surface area contributed by atoms with Gasteiger partial charge in [0.15, 0.2) is 5.78 Å². The van der Waals surface area contributed by atoms with Gasteiger partial charge in [-0.25, -0.2) is 0 Å². The molecule has 2 heteroatoms. The Bertz CT molecular complexity index is 383. The molecule has 2 nitrogen and oxygen atoms in total. The maximum absolute atomic E-state index is 12.2. The van der Waals surface area contributed by atoms with Crippen LogP contribution in [0.1, 0.15) is 61.9 Å². The summed E-state index contributed by atoms with van der Waals surface area (Å²) >= 11 is 0. The summed E-state index contributed by atoms with van der Waals surface area (Å²) in [7, 11) is 0. The van der Waals surface area contributed by atoms with Crippen LogP contribution in [-0.4, -0.2) is 12.4 Å². The zero-order valence-electron chi connectivity index (χ0n) is 11.8. The van der Waals surface area contributed by atoms with E-state index in [1.807, 2.05) is 32.0 Å². The number of carbonyl (C=O) groups is 1. The summed E-state index contributed by atoms with van der Waals surface area (Å²) in [5, 5.41) is 0. The fourth-order valence-electron chi connectivity index (χ4n) is 1.99. The highest BCUT2D eigenvalue weighted by molar-refractivity contribution is 5.98. The molecular formula is C16H24O2. The second-order valence-corrected chi connectivity index (χ2v) is 4.67. The topological polar surface area (TPSA) is 26.3 Å². The van der Waals surface area contributed by atoms with E-state index >= 15 is 0 Å². The molecule has 0 unspecified atom stereocenters. The molecular weight excluding hydrogens is 224 g/mol. The number of carbonyl (C=O) groups excluding carboxylic acids is 1. The van der Waals surface area contributed by atoms with Crippen molar-refractivity contribution in [1.29, 1.82) is 0 Å². The molecule has 0 bridgehead atoms. The molecule has 0 aromatic heterocycles. The normalized spacial score (nSPS) is 10.4. The second kappa shape index (κ2) is 7.91. The van der Waals surface area contributed by atoms with E-state index in [2.05, 4.69) is 6.92 Å². The van der Waals surface area contributed by atoms with Crippen molar-refractivity contribution in [3.63, 3.8) is 0 Å². The number of aryl methyl sites for hydroxylation is 1. The number of hydrogen-bond donors (Lipinski definition) is 0. The molecule has 0 aliphatic carbocycles. The standard InChI is InChI=1S/C16H24O2/c1-4-6-7-8-9-15(17)14-12-13(3)10-11-16(14)18-5-2/h10-12H,4-9H2,1-3H3. The van der Waals surface area contributed by atoms with Crippen LogP contribution < -0.4 is 4.74 Å². The van der Waals surface area contributed by atoms with Crippen molar-refractivity contribution in [1.82, 2.24) is 0 Å². The molecule has 1 aromatic rings. The SMILES string of the molecule is CCCCCCC(=O)c1cc(C)ccc1OCC. The molecule has 18 heavy (non-hydrogen) atoms. The third kappa shape index (κ3) is 4.52. The van der Waals surface area contributed by atoms with Crippen LogP contribution in [0.4, 0.5) is 0 Å². The van der Waals surface area contributed by atoms with Gasteiger partial charge in [0.25, 0.3) is 0 Å². The van der Waals surface area contributed by atoms with Crippen LogP contribution in [0.15, 0.2) is 18.2 Å². The maximum atomic E-state index is 12.2. The minimum Gasteiger partial charge on any atom is -0.493 e. The van der Waals surface area contributed by atoms with E-state index in [9.17, 15) is 4.79 Å². The van der Waals surface area contributed by atoms with Gasteiger partial charge in [0, 0.05) is 6.42 Å². The van der Waals surface area contributed by atoms with Gasteiger partial charge in [-0.15, -0.1) is 0 Å². The van der Waals surface area contributed by atoms with Gasteiger partial charge in [-0.2, -0.15) is 0 Å². The molecule has 0 spiro atoms. The summed E-state index contributed by atoms with van der Waals surface area (Å²) in [4.78, 5) is 12.2. The Labute approximate surface area is 110 Å². The van der Waals surface area contributed by atoms with Crippen molar-refractivity contribution >= 4 is 5.78 Å².